The van der Waals surface area contributed by atoms with Gasteiger partial charge in [-0.3, -0.25) is 0 Å². The molecular weight excluding hydrogens is 140 g/mol. The first-order chi connectivity index (χ1) is 5.20. The van der Waals surface area contributed by atoms with Gasteiger partial charge in [-0.05, 0) is 6.08 Å². The molecule has 0 fully saturated rings. The first-order valence-electron chi connectivity index (χ1n) is 3.73. The van der Waals surface area contributed by atoms with Gasteiger partial charge in [0, 0.05) is 11.8 Å². The molecule has 0 saturated heterocycles. The lowest BCUT2D eigenvalue weighted by molar-refractivity contribution is 0.155. The lowest BCUT2D eigenvalue weighted by Crippen LogP contribution is -2.21. The maximum absolute atomic E-state index is 9.03. The lowest BCUT2D eigenvalue weighted by atomic mass is 9.84. The molecule has 0 bridgehead atoms. The second-order valence-electron chi connectivity index (χ2n) is 3.19. The molecule has 1 atom stereocenters. The van der Waals surface area contributed by atoms with Crippen LogP contribution in [0.1, 0.15) is 13.3 Å². The van der Waals surface area contributed by atoms with E-state index in [-0.39, 0.29) is 12.0 Å². The number of methoxy groups -OCH3 is 1. The molecule has 62 valence electrons. The number of aliphatic hydroxyl groups is 1. The van der Waals surface area contributed by atoms with E-state index in [1.165, 1.54) is 0 Å². The molecule has 0 aromatic rings. The van der Waals surface area contributed by atoms with E-state index in [0.29, 0.717) is 0 Å². The maximum Gasteiger partial charge on any atom is 0.0964 e. The van der Waals surface area contributed by atoms with Crippen LogP contribution in [-0.4, -0.2) is 18.8 Å². The molecule has 1 aliphatic rings. The van der Waals surface area contributed by atoms with Gasteiger partial charge in [-0.1, -0.05) is 19.1 Å². The van der Waals surface area contributed by atoms with Crippen LogP contribution in [0.2, 0.25) is 0 Å². The van der Waals surface area contributed by atoms with Crippen LogP contribution in [0.5, 0.6) is 0 Å². The van der Waals surface area contributed by atoms with Crippen molar-refractivity contribution in [3.63, 3.8) is 0 Å². The van der Waals surface area contributed by atoms with Gasteiger partial charge in [0.05, 0.1) is 19.5 Å². The molecule has 1 unspecified atom stereocenters. The van der Waals surface area contributed by atoms with Gasteiger partial charge < -0.3 is 9.84 Å². The maximum atomic E-state index is 9.03. The average molecular weight is 154 g/mol. The van der Waals surface area contributed by atoms with Crippen LogP contribution in [0.4, 0.5) is 0 Å². The molecule has 0 radical (unpaired) electrons. The van der Waals surface area contributed by atoms with Gasteiger partial charge in [0.2, 0.25) is 0 Å². The molecule has 1 rings (SSSR count). The first kappa shape index (κ1) is 8.34. The van der Waals surface area contributed by atoms with E-state index < -0.39 is 0 Å². The second kappa shape index (κ2) is 3.09. The molecule has 0 aliphatic heterocycles. The fraction of sp³-hybridized carbons (Fsp3) is 0.556. The Morgan fingerprint density at radius 1 is 1.73 bits per heavy atom. The van der Waals surface area contributed by atoms with Gasteiger partial charge in [0.1, 0.15) is 0 Å². The van der Waals surface area contributed by atoms with Crippen LogP contribution in [0, 0.1) is 5.41 Å². The molecule has 11 heavy (non-hydrogen) atoms. The van der Waals surface area contributed by atoms with E-state index in [1.54, 1.807) is 7.11 Å². The Morgan fingerprint density at radius 3 is 3.00 bits per heavy atom. The fourth-order valence-electron chi connectivity index (χ4n) is 1.15. The van der Waals surface area contributed by atoms with E-state index in [1.807, 2.05) is 25.2 Å². The summed E-state index contributed by atoms with van der Waals surface area (Å²) in [4.78, 5) is 0. The molecule has 0 saturated carbocycles. The van der Waals surface area contributed by atoms with Crippen molar-refractivity contribution in [3.05, 3.63) is 24.0 Å². The van der Waals surface area contributed by atoms with Crippen molar-refractivity contribution in [2.75, 3.05) is 13.7 Å². The van der Waals surface area contributed by atoms with E-state index in [4.69, 9.17) is 9.84 Å². The summed E-state index contributed by atoms with van der Waals surface area (Å²) in [6.07, 6.45) is 6.65. The van der Waals surface area contributed by atoms with Crippen LogP contribution in [-0.2, 0) is 4.74 Å². The Balaban J connectivity index is 2.68. The minimum Gasteiger partial charge on any atom is -0.501 e. The topological polar surface area (TPSA) is 29.5 Å². The molecule has 0 spiro atoms. The third kappa shape index (κ3) is 1.84. The molecule has 2 heteroatoms. The highest BCUT2D eigenvalue weighted by molar-refractivity contribution is 5.19. The second-order valence-corrected chi connectivity index (χ2v) is 3.19. The van der Waals surface area contributed by atoms with Crippen molar-refractivity contribution in [2.24, 2.45) is 5.41 Å². The van der Waals surface area contributed by atoms with Gasteiger partial charge in [-0.25, -0.2) is 0 Å². The van der Waals surface area contributed by atoms with Gasteiger partial charge in [0.15, 0.2) is 0 Å². The van der Waals surface area contributed by atoms with Gasteiger partial charge in [-0.15, -0.1) is 0 Å². The number of rotatable bonds is 2. The van der Waals surface area contributed by atoms with Crippen molar-refractivity contribution >= 4 is 0 Å². The summed E-state index contributed by atoms with van der Waals surface area (Å²) in [7, 11) is 1.66. The summed E-state index contributed by atoms with van der Waals surface area (Å²) in [5.41, 5.74) is -0.125. The first-order valence-corrected chi connectivity index (χ1v) is 3.73. The van der Waals surface area contributed by atoms with E-state index in [2.05, 4.69) is 0 Å². The molecule has 2 nitrogen and oxygen atoms in total. The zero-order chi connectivity index (χ0) is 8.32. The van der Waals surface area contributed by atoms with E-state index >= 15 is 0 Å². The normalized spacial score (nSPS) is 29.9. The minimum atomic E-state index is -0.125. The van der Waals surface area contributed by atoms with E-state index in [9.17, 15) is 0 Å². The molecule has 1 aliphatic carbocycles. The molecule has 1 N–H and O–H groups in total. The minimum absolute atomic E-state index is 0.125. The summed E-state index contributed by atoms with van der Waals surface area (Å²) < 4.78 is 5.09. The van der Waals surface area contributed by atoms with Crippen LogP contribution in [0.25, 0.3) is 0 Å². The van der Waals surface area contributed by atoms with Crippen LogP contribution >= 0.6 is 0 Å². The number of hydrogen-bond donors (Lipinski definition) is 1. The molecule has 0 aromatic heterocycles. The highest BCUT2D eigenvalue weighted by Crippen LogP contribution is 2.30. The highest BCUT2D eigenvalue weighted by Gasteiger charge is 2.23. The summed E-state index contributed by atoms with van der Waals surface area (Å²) in [6, 6.07) is 0. The molecule has 0 amide bonds. The zero-order valence-electron chi connectivity index (χ0n) is 7.00. The van der Waals surface area contributed by atoms with Crippen molar-refractivity contribution in [1.29, 1.82) is 0 Å². The van der Waals surface area contributed by atoms with Crippen molar-refractivity contribution in [2.45, 2.75) is 13.3 Å². The summed E-state index contributed by atoms with van der Waals surface area (Å²) in [5, 5.41) is 9.03. The number of aliphatic hydroxyl groups excluding tert-OH is 1. The highest BCUT2D eigenvalue weighted by atomic mass is 16.5. The van der Waals surface area contributed by atoms with E-state index in [0.717, 1.165) is 12.2 Å². The Morgan fingerprint density at radius 2 is 2.45 bits per heavy atom. The number of ether oxygens (including phenoxy) is 1. The van der Waals surface area contributed by atoms with Gasteiger partial charge in [-0.2, -0.15) is 0 Å². The van der Waals surface area contributed by atoms with Crippen LogP contribution in [0.15, 0.2) is 24.0 Å². The Bertz CT molecular complexity index is 194. The third-order valence-corrected chi connectivity index (χ3v) is 1.98. The average Bonchev–Trinajstić information content (AvgIpc) is 2.05. The Kier molecular flexibility index (Phi) is 2.35. The predicted octanol–water partition coefficient (Wildman–Crippen LogP) is 1.48. The van der Waals surface area contributed by atoms with Crippen molar-refractivity contribution < 1.29 is 9.84 Å². The summed E-state index contributed by atoms with van der Waals surface area (Å²) in [6.45, 7) is 2.18. The number of hydrogen-bond acceptors (Lipinski definition) is 2. The summed E-state index contributed by atoms with van der Waals surface area (Å²) >= 11 is 0. The largest absolute Gasteiger partial charge is 0.501 e. The van der Waals surface area contributed by atoms with Crippen molar-refractivity contribution in [1.82, 2.24) is 0 Å². The Labute approximate surface area is 67.2 Å². The smallest absolute Gasteiger partial charge is 0.0964 e. The molecule has 0 heterocycles. The standard InChI is InChI=1S/C9H14O2/c1-9(7-10)5-3-4-8(6-9)11-2/h3-5,10H,6-7H2,1-2H3. The van der Waals surface area contributed by atoms with Gasteiger partial charge >= 0.3 is 0 Å². The lowest BCUT2D eigenvalue weighted by Gasteiger charge is -2.26. The monoisotopic (exact) mass is 154 g/mol. The van der Waals surface area contributed by atoms with Gasteiger partial charge in [0.25, 0.3) is 0 Å². The Hall–Kier alpha value is -0.760. The number of allylic oxidation sites excluding steroid dienone is 3. The predicted molar refractivity (Wildman–Crippen MR) is 44.0 cm³/mol. The molecular formula is C9H14O2. The third-order valence-electron chi connectivity index (χ3n) is 1.98. The molecule has 0 aromatic carbocycles. The quantitative estimate of drug-likeness (QED) is 0.652. The SMILES string of the molecule is COC1=CC=CC(C)(CO)C1. The zero-order valence-corrected chi connectivity index (χ0v) is 7.00. The summed E-state index contributed by atoms with van der Waals surface area (Å²) in [5.74, 6) is 0.934. The fourth-order valence-corrected chi connectivity index (χ4v) is 1.15. The van der Waals surface area contributed by atoms with Crippen LogP contribution < -0.4 is 0 Å². The van der Waals surface area contributed by atoms with Crippen LogP contribution in [0.3, 0.4) is 0 Å². The van der Waals surface area contributed by atoms with Crippen molar-refractivity contribution in [3.8, 4) is 0 Å².